The van der Waals surface area contributed by atoms with Crippen molar-refractivity contribution in [2.45, 2.75) is 44.9 Å². The van der Waals surface area contributed by atoms with Gasteiger partial charge in [0.25, 0.3) is 5.91 Å². The van der Waals surface area contributed by atoms with Gasteiger partial charge in [-0.1, -0.05) is 12.1 Å². The molecule has 1 aliphatic heterocycles. The van der Waals surface area contributed by atoms with Crippen LogP contribution in [0.5, 0.6) is 0 Å². The molecule has 7 nitrogen and oxygen atoms in total. The summed E-state index contributed by atoms with van der Waals surface area (Å²) in [4.78, 5) is 26.9. The van der Waals surface area contributed by atoms with E-state index in [4.69, 9.17) is 5.73 Å². The number of halogens is 1. The molecule has 1 aromatic heterocycles. The van der Waals surface area contributed by atoms with Crippen LogP contribution in [0, 0.1) is 11.7 Å². The van der Waals surface area contributed by atoms with E-state index in [1.54, 1.807) is 16.8 Å². The Balaban J connectivity index is 1.22. The maximum atomic E-state index is 13.4. The first-order valence-corrected chi connectivity index (χ1v) is 12.8. The van der Waals surface area contributed by atoms with Gasteiger partial charge in [0.05, 0.1) is 5.69 Å². The van der Waals surface area contributed by atoms with Crippen LogP contribution in [-0.4, -0.2) is 46.1 Å². The van der Waals surface area contributed by atoms with Crippen LogP contribution in [0.4, 0.5) is 10.1 Å². The molecule has 0 atom stereocenters. The molecule has 0 unspecified atom stereocenters. The zero-order chi connectivity index (χ0) is 25.1. The van der Waals surface area contributed by atoms with E-state index in [0.717, 1.165) is 87.2 Å². The Morgan fingerprint density at radius 2 is 1.69 bits per heavy atom. The average molecular weight is 490 g/mol. The summed E-state index contributed by atoms with van der Waals surface area (Å²) in [5, 5.41) is 7.65. The largest absolute Gasteiger partial charge is 0.369 e. The highest BCUT2D eigenvalue weighted by molar-refractivity contribution is 6.04. The fraction of sp³-hybridized carbons (Fsp3) is 0.393. The van der Waals surface area contributed by atoms with Gasteiger partial charge < -0.3 is 16.0 Å². The summed E-state index contributed by atoms with van der Waals surface area (Å²) in [5.41, 5.74) is 10.6. The van der Waals surface area contributed by atoms with Crippen LogP contribution in [0.1, 0.15) is 53.0 Å². The summed E-state index contributed by atoms with van der Waals surface area (Å²) in [7, 11) is 0. The van der Waals surface area contributed by atoms with Gasteiger partial charge >= 0.3 is 0 Å². The number of carbonyl (C=O) groups excluding carboxylic acids is 2. The third-order valence-corrected chi connectivity index (χ3v) is 7.38. The van der Waals surface area contributed by atoms with Crippen molar-refractivity contribution in [3.8, 4) is 5.69 Å². The molecular weight excluding hydrogens is 457 g/mol. The van der Waals surface area contributed by atoms with Gasteiger partial charge in [-0.2, -0.15) is 5.10 Å². The number of amides is 2. The van der Waals surface area contributed by atoms with Gasteiger partial charge in [0.15, 0.2) is 5.69 Å². The van der Waals surface area contributed by atoms with Crippen LogP contribution in [0.2, 0.25) is 0 Å². The normalized spacial score (nSPS) is 16.5. The molecule has 1 aliphatic carbocycles. The summed E-state index contributed by atoms with van der Waals surface area (Å²) >= 11 is 0. The number of nitrogens with one attached hydrogen (secondary N) is 1. The number of hydrogen-bond acceptors (Lipinski definition) is 4. The van der Waals surface area contributed by atoms with Crippen LogP contribution < -0.4 is 11.1 Å². The number of likely N-dealkylation sites (tertiary alicyclic amines) is 1. The third kappa shape index (κ3) is 5.33. The second-order valence-electron chi connectivity index (χ2n) is 9.79. The highest BCUT2D eigenvalue weighted by Gasteiger charge is 2.26. The van der Waals surface area contributed by atoms with E-state index >= 15 is 0 Å². The van der Waals surface area contributed by atoms with Gasteiger partial charge in [-0.05, 0) is 100.0 Å². The predicted molar refractivity (Wildman–Crippen MR) is 137 cm³/mol. The van der Waals surface area contributed by atoms with Gasteiger partial charge in [-0.15, -0.1) is 0 Å². The SMILES string of the molecule is NC(=O)C1CCN(CCc2ccc(NC(=O)c3nn(-c4ccc(F)cc4)c4c3CCCC4)cc2)CC1. The van der Waals surface area contributed by atoms with Crippen molar-refractivity contribution in [3.05, 3.63) is 76.9 Å². The highest BCUT2D eigenvalue weighted by atomic mass is 19.1. The van der Waals surface area contributed by atoms with E-state index in [1.165, 1.54) is 17.7 Å². The second-order valence-corrected chi connectivity index (χ2v) is 9.79. The van der Waals surface area contributed by atoms with Crippen LogP contribution in [0.3, 0.4) is 0 Å². The minimum atomic E-state index is -0.297. The number of benzene rings is 2. The second kappa shape index (κ2) is 10.6. The molecule has 8 heteroatoms. The number of rotatable bonds is 7. The van der Waals surface area contributed by atoms with E-state index in [2.05, 4.69) is 15.3 Å². The summed E-state index contributed by atoms with van der Waals surface area (Å²) in [5.74, 6) is -0.695. The minimum Gasteiger partial charge on any atom is -0.369 e. The average Bonchev–Trinajstić information content (AvgIpc) is 3.29. The molecule has 5 rings (SSSR count). The van der Waals surface area contributed by atoms with E-state index in [0.29, 0.717) is 5.69 Å². The molecule has 188 valence electrons. The zero-order valence-electron chi connectivity index (χ0n) is 20.4. The molecule has 2 heterocycles. The Kier molecular flexibility index (Phi) is 7.13. The molecule has 3 N–H and O–H groups in total. The first-order chi connectivity index (χ1) is 17.5. The number of hydrogen-bond donors (Lipinski definition) is 2. The number of fused-ring (bicyclic) bond motifs is 1. The summed E-state index contributed by atoms with van der Waals surface area (Å²) in [6.07, 6.45) is 6.31. The standard InChI is InChI=1S/C28H32FN5O2/c29-21-7-11-23(12-8-21)34-25-4-2-1-3-24(25)26(32-34)28(36)31-22-9-5-19(6-10-22)13-16-33-17-14-20(15-18-33)27(30)35/h5-12,20H,1-4,13-18H2,(H2,30,35)(H,31,36). The summed E-state index contributed by atoms with van der Waals surface area (Å²) < 4.78 is 15.2. The first kappa shape index (κ1) is 24.2. The lowest BCUT2D eigenvalue weighted by Crippen LogP contribution is -2.39. The quantitative estimate of drug-likeness (QED) is 0.527. The van der Waals surface area contributed by atoms with Crippen molar-refractivity contribution in [2.24, 2.45) is 11.7 Å². The molecule has 0 spiro atoms. The molecule has 0 bridgehead atoms. The van der Waals surface area contributed by atoms with Crippen molar-refractivity contribution >= 4 is 17.5 Å². The van der Waals surface area contributed by atoms with Crippen LogP contribution in [0.15, 0.2) is 48.5 Å². The summed E-state index contributed by atoms with van der Waals surface area (Å²) in [6.45, 7) is 2.73. The zero-order valence-corrected chi connectivity index (χ0v) is 20.4. The molecule has 2 aromatic carbocycles. The molecule has 1 saturated heterocycles. The third-order valence-electron chi connectivity index (χ3n) is 7.38. The van der Waals surface area contributed by atoms with Crippen molar-refractivity contribution in [3.63, 3.8) is 0 Å². The van der Waals surface area contributed by atoms with Crippen molar-refractivity contribution in [1.82, 2.24) is 14.7 Å². The maximum absolute atomic E-state index is 13.4. The number of carbonyl (C=O) groups is 2. The van der Waals surface area contributed by atoms with Gasteiger partial charge in [-0.3, -0.25) is 9.59 Å². The van der Waals surface area contributed by atoms with Gasteiger partial charge in [-0.25, -0.2) is 9.07 Å². The van der Waals surface area contributed by atoms with E-state index < -0.39 is 0 Å². The van der Waals surface area contributed by atoms with E-state index in [1.807, 2.05) is 24.3 Å². The lowest BCUT2D eigenvalue weighted by atomic mass is 9.95. The molecule has 3 aromatic rings. The number of anilines is 1. The predicted octanol–water partition coefficient (Wildman–Crippen LogP) is 3.88. The first-order valence-electron chi connectivity index (χ1n) is 12.8. The minimum absolute atomic E-state index is 0.0110. The van der Waals surface area contributed by atoms with E-state index in [-0.39, 0.29) is 23.5 Å². The van der Waals surface area contributed by atoms with Crippen molar-refractivity contribution in [1.29, 1.82) is 0 Å². The Morgan fingerprint density at radius 3 is 2.39 bits per heavy atom. The Morgan fingerprint density at radius 1 is 1.00 bits per heavy atom. The lowest BCUT2D eigenvalue weighted by Gasteiger charge is -2.30. The number of aromatic nitrogens is 2. The lowest BCUT2D eigenvalue weighted by molar-refractivity contribution is -0.123. The van der Waals surface area contributed by atoms with Crippen LogP contribution >= 0.6 is 0 Å². The fourth-order valence-corrected chi connectivity index (χ4v) is 5.25. The summed E-state index contributed by atoms with van der Waals surface area (Å²) in [6, 6.07) is 14.1. The molecule has 36 heavy (non-hydrogen) atoms. The maximum Gasteiger partial charge on any atom is 0.276 e. The molecule has 1 fully saturated rings. The highest BCUT2D eigenvalue weighted by Crippen LogP contribution is 2.28. The smallest absolute Gasteiger partial charge is 0.276 e. The fourth-order valence-electron chi connectivity index (χ4n) is 5.25. The van der Waals surface area contributed by atoms with E-state index in [9.17, 15) is 14.0 Å². The number of nitrogens with two attached hydrogens (primary N) is 1. The molecule has 0 saturated carbocycles. The topological polar surface area (TPSA) is 93.2 Å². The molecule has 2 aliphatic rings. The number of primary amides is 1. The monoisotopic (exact) mass is 489 g/mol. The van der Waals surface area contributed by atoms with Crippen LogP contribution in [0.25, 0.3) is 5.69 Å². The Bertz CT molecular complexity index is 1230. The van der Waals surface area contributed by atoms with Crippen LogP contribution in [-0.2, 0) is 24.1 Å². The molecular formula is C28H32FN5O2. The number of piperidine rings is 1. The Labute approximate surface area is 210 Å². The van der Waals surface area contributed by atoms with Gasteiger partial charge in [0, 0.05) is 29.4 Å². The van der Waals surface area contributed by atoms with Crippen molar-refractivity contribution < 1.29 is 14.0 Å². The Hall–Kier alpha value is -3.52. The van der Waals surface area contributed by atoms with Crippen molar-refractivity contribution in [2.75, 3.05) is 25.0 Å². The van der Waals surface area contributed by atoms with Gasteiger partial charge in [0.1, 0.15) is 5.82 Å². The molecule has 2 amide bonds. The van der Waals surface area contributed by atoms with Gasteiger partial charge in [0.2, 0.25) is 5.91 Å². The number of nitrogens with zero attached hydrogens (tertiary/aromatic N) is 3. The molecule has 0 radical (unpaired) electrons.